The van der Waals surface area contributed by atoms with Gasteiger partial charge in [0.2, 0.25) is 5.78 Å². The maximum Gasteiger partial charge on any atom is 0.336 e. The van der Waals surface area contributed by atoms with Crippen LogP contribution >= 0.6 is 11.8 Å². The van der Waals surface area contributed by atoms with E-state index in [0.29, 0.717) is 34.2 Å². The van der Waals surface area contributed by atoms with Crippen molar-refractivity contribution in [2.75, 3.05) is 0 Å². The number of fused-ring (bicyclic) bond motifs is 6. The Balaban J connectivity index is 1.48. The van der Waals surface area contributed by atoms with Gasteiger partial charge in [0.1, 0.15) is 5.58 Å². The van der Waals surface area contributed by atoms with Crippen molar-refractivity contribution >= 4 is 50.2 Å². The Bertz CT molecular complexity index is 1870. The summed E-state index contributed by atoms with van der Waals surface area (Å²) < 4.78 is 9.20. The van der Waals surface area contributed by atoms with E-state index in [4.69, 9.17) is 4.42 Å². The van der Waals surface area contributed by atoms with Crippen LogP contribution in [0.15, 0.2) is 85.9 Å². The Morgan fingerprint density at radius 2 is 1.72 bits per heavy atom. The van der Waals surface area contributed by atoms with E-state index < -0.39 is 0 Å². The third-order valence-corrected chi connectivity index (χ3v) is 7.51. The normalized spacial score (nSPS) is 11.8. The number of benzene rings is 3. The number of hydrogen-bond donors (Lipinski definition) is 0. The van der Waals surface area contributed by atoms with E-state index in [0.717, 1.165) is 46.5 Å². The Kier molecular flexibility index (Phi) is 5.81. The lowest BCUT2D eigenvalue weighted by Crippen LogP contribution is -2.23. The minimum absolute atomic E-state index is 0.0451. The molecule has 3 heterocycles. The lowest BCUT2D eigenvalue weighted by Gasteiger charge is -2.11. The number of thioether (sulfide) groups is 1. The van der Waals surface area contributed by atoms with E-state index in [2.05, 4.69) is 17.1 Å². The van der Waals surface area contributed by atoms with Gasteiger partial charge < -0.3 is 4.42 Å². The number of rotatable bonds is 7. The van der Waals surface area contributed by atoms with Crippen LogP contribution in [0.5, 0.6) is 0 Å². The standard InChI is InChI=1S/C28H24N4O3S/c1-2-3-8-15-31-26(34)21-11-6-7-12-22(21)32-27(31)29-30-28(32)36-17-19-16-24(33)35-23-14-13-18-9-4-5-10-20(18)25(19)23/h4-7,9-14,16H,2-3,8,15,17H2,1H3. The van der Waals surface area contributed by atoms with Crippen LogP contribution in [0.2, 0.25) is 0 Å². The van der Waals surface area contributed by atoms with Gasteiger partial charge in [0.25, 0.3) is 5.56 Å². The van der Waals surface area contributed by atoms with Crippen LogP contribution in [0, 0.1) is 0 Å². The predicted octanol–water partition coefficient (Wildman–Crippen LogP) is 5.79. The SMILES string of the molecule is CCCCCn1c(=O)c2ccccc2n2c(SCc3cc(=O)oc4ccc5ccccc5c34)nnc12. The third kappa shape index (κ3) is 3.78. The molecule has 0 spiro atoms. The summed E-state index contributed by atoms with van der Waals surface area (Å²) in [7, 11) is 0. The van der Waals surface area contributed by atoms with Crippen LogP contribution in [-0.4, -0.2) is 19.2 Å². The Morgan fingerprint density at radius 3 is 2.58 bits per heavy atom. The van der Waals surface area contributed by atoms with Crippen molar-refractivity contribution in [1.29, 1.82) is 0 Å². The highest BCUT2D eigenvalue weighted by Gasteiger charge is 2.18. The first-order chi connectivity index (χ1) is 17.7. The summed E-state index contributed by atoms with van der Waals surface area (Å²) in [6, 6.07) is 21.0. The summed E-state index contributed by atoms with van der Waals surface area (Å²) in [5.41, 5.74) is 1.80. The molecule has 0 atom stereocenters. The molecule has 6 aromatic rings. The Hall–Kier alpha value is -3.91. The smallest absolute Gasteiger partial charge is 0.336 e. The average molecular weight is 497 g/mol. The van der Waals surface area contributed by atoms with Gasteiger partial charge in [0, 0.05) is 23.8 Å². The second kappa shape index (κ2) is 9.28. The van der Waals surface area contributed by atoms with Gasteiger partial charge in [-0.05, 0) is 41.0 Å². The zero-order valence-corrected chi connectivity index (χ0v) is 20.6. The van der Waals surface area contributed by atoms with Crippen LogP contribution in [0.3, 0.4) is 0 Å². The van der Waals surface area contributed by atoms with Crippen LogP contribution in [0.25, 0.3) is 38.4 Å². The van der Waals surface area contributed by atoms with Crippen molar-refractivity contribution in [1.82, 2.24) is 19.2 Å². The van der Waals surface area contributed by atoms with Gasteiger partial charge in [-0.1, -0.05) is 74.0 Å². The van der Waals surface area contributed by atoms with Crippen molar-refractivity contribution in [3.8, 4) is 0 Å². The maximum absolute atomic E-state index is 13.3. The van der Waals surface area contributed by atoms with E-state index in [-0.39, 0.29) is 11.2 Å². The molecule has 0 amide bonds. The van der Waals surface area contributed by atoms with Crippen molar-refractivity contribution in [3.63, 3.8) is 0 Å². The van der Waals surface area contributed by atoms with Crippen molar-refractivity contribution < 1.29 is 4.42 Å². The third-order valence-electron chi connectivity index (χ3n) is 6.53. The Morgan fingerprint density at radius 1 is 0.917 bits per heavy atom. The number of unbranched alkanes of at least 4 members (excludes halogenated alkanes) is 2. The van der Waals surface area contributed by atoms with Gasteiger partial charge in [-0.2, -0.15) is 0 Å². The molecule has 0 aliphatic carbocycles. The maximum atomic E-state index is 13.3. The monoisotopic (exact) mass is 496 g/mol. The first-order valence-electron chi connectivity index (χ1n) is 12.1. The van der Waals surface area contributed by atoms with Gasteiger partial charge >= 0.3 is 5.63 Å². The van der Waals surface area contributed by atoms with E-state index in [1.165, 1.54) is 11.8 Å². The van der Waals surface area contributed by atoms with E-state index >= 15 is 0 Å². The van der Waals surface area contributed by atoms with Gasteiger partial charge in [0.15, 0.2) is 5.16 Å². The fourth-order valence-corrected chi connectivity index (χ4v) is 5.74. The fourth-order valence-electron chi connectivity index (χ4n) is 4.82. The molecule has 6 rings (SSSR count). The summed E-state index contributed by atoms with van der Waals surface area (Å²) in [6.45, 7) is 2.74. The molecule has 0 N–H and O–H groups in total. The second-order valence-corrected chi connectivity index (χ2v) is 9.78. The minimum atomic E-state index is -0.380. The second-order valence-electron chi connectivity index (χ2n) is 8.84. The first kappa shape index (κ1) is 22.5. The number of nitrogens with zero attached hydrogens (tertiary/aromatic N) is 4. The molecule has 3 aromatic heterocycles. The molecule has 0 saturated heterocycles. The van der Waals surface area contributed by atoms with Crippen molar-refractivity contribution in [3.05, 3.63) is 93.1 Å². The summed E-state index contributed by atoms with van der Waals surface area (Å²) in [5.74, 6) is 1.04. The molecular weight excluding hydrogens is 472 g/mol. The lowest BCUT2D eigenvalue weighted by atomic mass is 10.0. The molecule has 0 saturated carbocycles. The van der Waals surface area contributed by atoms with Crippen molar-refractivity contribution in [2.45, 2.75) is 43.6 Å². The number of aromatic nitrogens is 4. The topological polar surface area (TPSA) is 82.4 Å². The van der Waals surface area contributed by atoms with E-state index in [1.807, 2.05) is 65.1 Å². The highest BCUT2D eigenvalue weighted by Crippen LogP contribution is 2.31. The summed E-state index contributed by atoms with van der Waals surface area (Å²) in [6.07, 6.45) is 3.01. The number of para-hydroxylation sites is 1. The fraction of sp³-hybridized carbons (Fsp3) is 0.214. The largest absolute Gasteiger partial charge is 0.423 e. The molecule has 0 unspecified atom stereocenters. The highest BCUT2D eigenvalue weighted by molar-refractivity contribution is 7.98. The van der Waals surface area contributed by atoms with Gasteiger partial charge in [-0.3, -0.25) is 13.8 Å². The molecule has 7 nitrogen and oxygen atoms in total. The zero-order chi connectivity index (χ0) is 24.6. The molecule has 0 fully saturated rings. The number of hydrogen-bond acceptors (Lipinski definition) is 6. The molecule has 0 aliphatic rings. The molecule has 36 heavy (non-hydrogen) atoms. The molecular formula is C28H24N4O3S. The summed E-state index contributed by atoms with van der Waals surface area (Å²) in [4.78, 5) is 25.6. The van der Waals surface area contributed by atoms with Crippen LogP contribution in [0.1, 0.15) is 31.7 Å². The minimum Gasteiger partial charge on any atom is -0.423 e. The first-order valence-corrected chi connectivity index (χ1v) is 13.1. The quantitative estimate of drug-likeness (QED) is 0.120. The summed E-state index contributed by atoms with van der Waals surface area (Å²) >= 11 is 1.49. The Labute approximate surface area is 210 Å². The van der Waals surface area contributed by atoms with Crippen LogP contribution in [0.4, 0.5) is 0 Å². The average Bonchev–Trinajstić information content (AvgIpc) is 3.33. The van der Waals surface area contributed by atoms with Gasteiger partial charge in [0.05, 0.1) is 10.9 Å². The molecule has 3 aromatic carbocycles. The number of aryl methyl sites for hydroxylation is 1. The van der Waals surface area contributed by atoms with Crippen LogP contribution < -0.4 is 11.2 Å². The molecule has 180 valence electrons. The van der Waals surface area contributed by atoms with Gasteiger partial charge in [-0.25, -0.2) is 4.79 Å². The molecule has 0 bridgehead atoms. The van der Waals surface area contributed by atoms with E-state index in [9.17, 15) is 9.59 Å². The van der Waals surface area contributed by atoms with E-state index in [1.54, 1.807) is 10.6 Å². The molecule has 0 radical (unpaired) electrons. The van der Waals surface area contributed by atoms with Crippen molar-refractivity contribution in [2.24, 2.45) is 0 Å². The van der Waals surface area contributed by atoms with Crippen LogP contribution in [-0.2, 0) is 12.3 Å². The predicted molar refractivity (Wildman–Crippen MR) is 144 cm³/mol. The summed E-state index contributed by atoms with van der Waals surface area (Å²) in [5, 5.41) is 13.3. The molecule has 8 heteroatoms. The highest BCUT2D eigenvalue weighted by atomic mass is 32.2. The lowest BCUT2D eigenvalue weighted by molar-refractivity contribution is 0.560. The van der Waals surface area contributed by atoms with Gasteiger partial charge in [-0.15, -0.1) is 10.2 Å². The zero-order valence-electron chi connectivity index (χ0n) is 19.8. The molecule has 0 aliphatic heterocycles.